The van der Waals surface area contributed by atoms with E-state index in [2.05, 4.69) is 17.0 Å². The monoisotopic (exact) mass is 354 g/mol. The maximum absolute atomic E-state index is 12.6. The Morgan fingerprint density at radius 3 is 2.57 bits per heavy atom. The number of hydrogen-bond donors (Lipinski definition) is 2. The SMILES string of the molecule is CC1CCC(NS(=O)(=O)c2ccc3c(c2)NC(=O)[C@@H](C)S3)CC1. The third-order valence-corrected chi connectivity index (χ3v) is 7.23. The van der Waals surface area contributed by atoms with Crippen LogP contribution >= 0.6 is 11.8 Å². The molecule has 1 heterocycles. The molecule has 126 valence electrons. The van der Waals surface area contributed by atoms with Crippen LogP contribution in [0.5, 0.6) is 0 Å². The Kier molecular flexibility index (Phi) is 4.71. The fourth-order valence-corrected chi connectivity index (χ4v) is 5.28. The van der Waals surface area contributed by atoms with E-state index in [-0.39, 0.29) is 22.1 Å². The van der Waals surface area contributed by atoms with Gasteiger partial charge in [0.2, 0.25) is 15.9 Å². The number of carbonyl (C=O) groups excluding carboxylic acids is 1. The van der Waals surface area contributed by atoms with E-state index in [0.717, 1.165) is 30.6 Å². The van der Waals surface area contributed by atoms with Gasteiger partial charge in [0.25, 0.3) is 0 Å². The van der Waals surface area contributed by atoms with E-state index in [4.69, 9.17) is 0 Å². The van der Waals surface area contributed by atoms with Gasteiger partial charge < -0.3 is 5.32 Å². The molecule has 2 N–H and O–H groups in total. The van der Waals surface area contributed by atoms with E-state index in [1.165, 1.54) is 11.8 Å². The molecule has 0 radical (unpaired) electrons. The number of fused-ring (bicyclic) bond motifs is 1. The lowest BCUT2D eigenvalue weighted by Crippen LogP contribution is -2.37. The van der Waals surface area contributed by atoms with Crippen molar-refractivity contribution in [2.45, 2.75) is 60.6 Å². The number of amides is 1. The molecule has 1 aromatic carbocycles. The number of anilines is 1. The zero-order valence-corrected chi connectivity index (χ0v) is 15.0. The highest BCUT2D eigenvalue weighted by Gasteiger charge is 2.27. The number of benzene rings is 1. The second-order valence-electron chi connectivity index (χ2n) is 6.49. The normalized spacial score (nSPS) is 28.1. The van der Waals surface area contributed by atoms with Crippen molar-refractivity contribution < 1.29 is 13.2 Å². The van der Waals surface area contributed by atoms with Gasteiger partial charge in [0.1, 0.15) is 0 Å². The largest absolute Gasteiger partial charge is 0.324 e. The van der Waals surface area contributed by atoms with Crippen molar-refractivity contribution in [3.63, 3.8) is 0 Å². The Morgan fingerprint density at radius 2 is 1.87 bits per heavy atom. The van der Waals surface area contributed by atoms with Gasteiger partial charge in [-0.25, -0.2) is 13.1 Å². The summed E-state index contributed by atoms with van der Waals surface area (Å²) in [7, 11) is -3.55. The molecule has 0 spiro atoms. The quantitative estimate of drug-likeness (QED) is 0.875. The van der Waals surface area contributed by atoms with Crippen molar-refractivity contribution in [3.05, 3.63) is 18.2 Å². The smallest absolute Gasteiger partial charge is 0.240 e. The average molecular weight is 354 g/mol. The van der Waals surface area contributed by atoms with Crippen LogP contribution in [0.4, 0.5) is 5.69 Å². The minimum atomic E-state index is -3.55. The van der Waals surface area contributed by atoms with Gasteiger partial charge in [0, 0.05) is 10.9 Å². The molecule has 1 fully saturated rings. The van der Waals surface area contributed by atoms with Crippen LogP contribution in [0, 0.1) is 5.92 Å². The summed E-state index contributed by atoms with van der Waals surface area (Å²) >= 11 is 1.45. The maximum Gasteiger partial charge on any atom is 0.240 e. The molecule has 0 unspecified atom stereocenters. The Hall–Kier alpha value is -1.05. The third kappa shape index (κ3) is 3.72. The fraction of sp³-hybridized carbons (Fsp3) is 0.562. The zero-order valence-electron chi connectivity index (χ0n) is 13.3. The predicted octanol–water partition coefficient (Wildman–Crippen LogP) is 2.98. The summed E-state index contributed by atoms with van der Waals surface area (Å²) in [5.41, 5.74) is 0.582. The second-order valence-corrected chi connectivity index (χ2v) is 9.58. The van der Waals surface area contributed by atoms with E-state index >= 15 is 0 Å². The highest BCUT2D eigenvalue weighted by atomic mass is 32.2. The number of hydrogen-bond acceptors (Lipinski definition) is 4. The first-order chi connectivity index (χ1) is 10.8. The van der Waals surface area contributed by atoms with Crippen molar-refractivity contribution in [1.29, 1.82) is 0 Å². The lowest BCUT2D eigenvalue weighted by molar-refractivity contribution is -0.115. The summed E-state index contributed by atoms with van der Waals surface area (Å²) in [5, 5.41) is 2.62. The number of sulfonamides is 1. The highest BCUT2D eigenvalue weighted by Crippen LogP contribution is 2.36. The molecule has 1 atom stereocenters. The van der Waals surface area contributed by atoms with Gasteiger partial charge >= 0.3 is 0 Å². The highest BCUT2D eigenvalue weighted by molar-refractivity contribution is 8.01. The minimum absolute atomic E-state index is 0.0104. The van der Waals surface area contributed by atoms with Gasteiger partial charge in [0.15, 0.2) is 0 Å². The van der Waals surface area contributed by atoms with Gasteiger partial charge in [-0.1, -0.05) is 6.92 Å². The average Bonchev–Trinajstić information content (AvgIpc) is 2.50. The van der Waals surface area contributed by atoms with Gasteiger partial charge in [-0.3, -0.25) is 4.79 Å². The molecule has 0 saturated heterocycles. The molecule has 1 aromatic rings. The molecule has 0 aromatic heterocycles. The van der Waals surface area contributed by atoms with Crippen LogP contribution in [-0.2, 0) is 14.8 Å². The van der Waals surface area contributed by atoms with Crippen LogP contribution in [0.25, 0.3) is 0 Å². The first-order valence-corrected chi connectivity index (χ1v) is 10.4. The zero-order chi connectivity index (χ0) is 16.6. The topological polar surface area (TPSA) is 75.3 Å². The van der Waals surface area contributed by atoms with E-state index in [1.807, 2.05) is 6.92 Å². The van der Waals surface area contributed by atoms with Crippen molar-refractivity contribution >= 4 is 33.4 Å². The van der Waals surface area contributed by atoms with Crippen molar-refractivity contribution in [2.24, 2.45) is 5.92 Å². The molecular formula is C16H22N2O3S2. The van der Waals surface area contributed by atoms with Crippen molar-refractivity contribution in [3.8, 4) is 0 Å². The molecule has 1 aliphatic heterocycles. The van der Waals surface area contributed by atoms with Gasteiger partial charge in [0.05, 0.1) is 15.8 Å². The van der Waals surface area contributed by atoms with E-state index in [0.29, 0.717) is 11.6 Å². The summed E-state index contributed by atoms with van der Waals surface area (Å²) in [6, 6.07) is 4.95. The summed E-state index contributed by atoms with van der Waals surface area (Å²) < 4.78 is 28.0. The second kappa shape index (κ2) is 6.45. The number of thioether (sulfide) groups is 1. The summed E-state index contributed by atoms with van der Waals surface area (Å²) in [5.74, 6) is 0.583. The standard InChI is InChI=1S/C16H22N2O3S2/c1-10-3-5-12(6-4-10)18-23(20,21)13-7-8-15-14(9-13)17-16(19)11(2)22-15/h7-12,18H,3-6H2,1-2H3,(H,17,19)/t10?,11-,12?/m1/s1. The molecule has 1 aliphatic carbocycles. The number of rotatable bonds is 3. The van der Waals surface area contributed by atoms with Gasteiger partial charge in [-0.15, -0.1) is 11.8 Å². The molecule has 23 heavy (non-hydrogen) atoms. The first-order valence-electron chi connectivity index (χ1n) is 7.99. The minimum Gasteiger partial charge on any atom is -0.324 e. The molecule has 3 rings (SSSR count). The molecular weight excluding hydrogens is 332 g/mol. The van der Waals surface area contributed by atoms with Crippen LogP contribution in [0.3, 0.4) is 0 Å². The van der Waals surface area contributed by atoms with E-state index in [1.54, 1.807) is 18.2 Å². The van der Waals surface area contributed by atoms with Crippen molar-refractivity contribution in [2.75, 3.05) is 5.32 Å². The van der Waals surface area contributed by atoms with Crippen LogP contribution in [0.1, 0.15) is 39.5 Å². The molecule has 1 saturated carbocycles. The fourth-order valence-electron chi connectivity index (χ4n) is 3.02. The molecule has 0 bridgehead atoms. The summed E-state index contributed by atoms with van der Waals surface area (Å²) in [6.07, 6.45) is 3.88. The van der Waals surface area contributed by atoms with Crippen LogP contribution < -0.4 is 10.0 Å². The van der Waals surface area contributed by atoms with Crippen molar-refractivity contribution in [1.82, 2.24) is 4.72 Å². The van der Waals surface area contributed by atoms with Gasteiger partial charge in [-0.2, -0.15) is 0 Å². The summed E-state index contributed by atoms with van der Waals surface area (Å²) in [4.78, 5) is 12.9. The number of nitrogens with one attached hydrogen (secondary N) is 2. The third-order valence-electron chi connectivity index (χ3n) is 4.53. The van der Waals surface area contributed by atoms with Gasteiger partial charge in [-0.05, 0) is 56.7 Å². The van der Waals surface area contributed by atoms with E-state index < -0.39 is 10.0 Å². The lowest BCUT2D eigenvalue weighted by atomic mass is 9.88. The Bertz CT molecular complexity index is 710. The lowest BCUT2D eigenvalue weighted by Gasteiger charge is -2.27. The Morgan fingerprint density at radius 1 is 1.17 bits per heavy atom. The first kappa shape index (κ1) is 16.8. The summed E-state index contributed by atoms with van der Waals surface area (Å²) in [6.45, 7) is 4.04. The van der Waals surface area contributed by atoms with Crippen LogP contribution in [0.2, 0.25) is 0 Å². The number of carbonyl (C=O) groups is 1. The Labute approximate surface area is 141 Å². The predicted molar refractivity (Wildman–Crippen MR) is 92.1 cm³/mol. The van der Waals surface area contributed by atoms with Crippen LogP contribution in [-0.4, -0.2) is 25.6 Å². The molecule has 5 nitrogen and oxygen atoms in total. The molecule has 1 amide bonds. The van der Waals surface area contributed by atoms with Crippen LogP contribution in [0.15, 0.2) is 28.0 Å². The Balaban J connectivity index is 1.78. The molecule has 7 heteroatoms. The maximum atomic E-state index is 12.6. The molecule has 2 aliphatic rings. The van der Waals surface area contributed by atoms with E-state index in [9.17, 15) is 13.2 Å².